The Morgan fingerprint density at radius 1 is 1.10 bits per heavy atom. The lowest BCUT2D eigenvalue weighted by Gasteiger charge is -2.35. The molecule has 2 aromatic carbocycles. The summed E-state index contributed by atoms with van der Waals surface area (Å²) in [6, 6.07) is 17.6. The van der Waals surface area contributed by atoms with Crippen molar-refractivity contribution in [3.05, 3.63) is 100 Å². The van der Waals surface area contributed by atoms with Crippen molar-refractivity contribution >= 4 is 32.5 Å². The van der Waals surface area contributed by atoms with Crippen LogP contribution >= 0.6 is 0 Å². The third-order valence-electron chi connectivity index (χ3n) is 7.83. The van der Waals surface area contributed by atoms with Crippen LogP contribution < -0.4 is 10.0 Å². The van der Waals surface area contributed by atoms with Gasteiger partial charge in [-0.25, -0.2) is 8.42 Å². The van der Waals surface area contributed by atoms with E-state index < -0.39 is 32.4 Å². The van der Waals surface area contributed by atoms with Gasteiger partial charge in [-0.2, -0.15) is 4.72 Å². The molecule has 1 amide bonds. The van der Waals surface area contributed by atoms with Crippen LogP contribution in [0.25, 0.3) is 10.9 Å². The molecule has 2 aromatic heterocycles. The lowest BCUT2D eigenvalue weighted by atomic mass is 9.82. The zero-order chi connectivity index (χ0) is 29.0. The molecule has 0 radical (unpaired) electrons. The van der Waals surface area contributed by atoms with E-state index in [-0.39, 0.29) is 22.9 Å². The summed E-state index contributed by atoms with van der Waals surface area (Å²) in [5.74, 6) is -0.341. The van der Waals surface area contributed by atoms with E-state index in [9.17, 15) is 23.3 Å². The van der Waals surface area contributed by atoms with Crippen LogP contribution in [0.1, 0.15) is 56.3 Å². The molecule has 10 nitrogen and oxygen atoms in total. The number of rotatable bonds is 10. The molecule has 1 aliphatic carbocycles. The van der Waals surface area contributed by atoms with Crippen molar-refractivity contribution in [3.8, 4) is 0 Å². The number of aromatic nitrogens is 2. The quantitative estimate of drug-likeness (QED) is 0.175. The average molecular weight is 576 g/mol. The summed E-state index contributed by atoms with van der Waals surface area (Å²) in [6.07, 6.45) is 8.60. The predicted molar refractivity (Wildman–Crippen MR) is 156 cm³/mol. The Balaban J connectivity index is 1.53. The summed E-state index contributed by atoms with van der Waals surface area (Å²) < 4.78 is 29.9. The molecule has 11 heteroatoms. The van der Waals surface area contributed by atoms with Gasteiger partial charge in [0.2, 0.25) is 15.9 Å². The molecule has 3 N–H and O–H groups in total. The minimum atomic E-state index is -4.34. The molecule has 5 rings (SSSR count). The molecule has 41 heavy (non-hydrogen) atoms. The summed E-state index contributed by atoms with van der Waals surface area (Å²) >= 11 is 0. The highest BCUT2D eigenvalue weighted by Gasteiger charge is 2.41. The Morgan fingerprint density at radius 3 is 2.59 bits per heavy atom. The highest BCUT2D eigenvalue weighted by atomic mass is 32.2. The molecule has 0 aliphatic heterocycles. The maximum atomic E-state index is 14.3. The Kier molecular flexibility index (Phi) is 8.18. The highest BCUT2D eigenvalue weighted by Crippen LogP contribution is 2.35. The standard InChI is InChI=1S/C30H33N5O5S/c1-30(19-22-20-32-26-15-6-5-14-25(22)26,34-41(39,40)24-13-9-12-23(18-24)35(37)38)29(36)33-28(21-10-3-2-4-11-21)27-16-7-8-17-31-27/h5-9,12-18,20-21,28,32,34H,2-4,10-11,19H2,1H3,(H,33,36). The number of H-pyrrole nitrogens is 1. The molecule has 1 saturated carbocycles. The molecule has 214 valence electrons. The van der Waals surface area contributed by atoms with Crippen LogP contribution in [0, 0.1) is 16.0 Å². The highest BCUT2D eigenvalue weighted by molar-refractivity contribution is 7.89. The van der Waals surface area contributed by atoms with E-state index in [1.807, 2.05) is 42.5 Å². The van der Waals surface area contributed by atoms with Crippen molar-refractivity contribution in [2.75, 3.05) is 0 Å². The SMILES string of the molecule is CC(Cc1c[nH]c2ccccc12)(NS(=O)(=O)c1cccc([N+](=O)[O-])c1)C(=O)NC(c1ccccn1)C1CCCCC1. The van der Waals surface area contributed by atoms with Crippen molar-refractivity contribution in [1.29, 1.82) is 0 Å². The summed E-state index contributed by atoms with van der Waals surface area (Å²) in [7, 11) is -4.34. The number of nitro benzene ring substituents is 1. The smallest absolute Gasteiger partial charge is 0.270 e. The third kappa shape index (κ3) is 6.31. The van der Waals surface area contributed by atoms with Crippen LogP contribution in [0.4, 0.5) is 5.69 Å². The van der Waals surface area contributed by atoms with Gasteiger partial charge in [-0.15, -0.1) is 0 Å². The van der Waals surface area contributed by atoms with Crippen molar-refractivity contribution < 1.29 is 18.1 Å². The monoisotopic (exact) mass is 575 g/mol. The number of pyridine rings is 1. The molecule has 2 atom stereocenters. The van der Waals surface area contributed by atoms with E-state index in [1.165, 1.54) is 18.2 Å². The number of nitro groups is 1. The molecule has 0 spiro atoms. The molecule has 1 aliphatic rings. The zero-order valence-corrected chi connectivity index (χ0v) is 23.6. The summed E-state index contributed by atoms with van der Waals surface area (Å²) in [5.41, 5.74) is 0.343. The number of nitrogens with one attached hydrogen (secondary N) is 3. The second-order valence-corrected chi connectivity index (χ2v) is 12.5. The fraction of sp³-hybridized carbons (Fsp3) is 0.333. The second kappa shape index (κ2) is 11.8. The molecule has 2 heterocycles. The van der Waals surface area contributed by atoms with E-state index in [0.29, 0.717) is 0 Å². The number of benzene rings is 2. The Labute approximate surface area is 238 Å². The first kappa shape index (κ1) is 28.4. The molecule has 0 bridgehead atoms. The first-order valence-corrected chi connectivity index (χ1v) is 15.2. The molecule has 1 fully saturated rings. The molecule has 2 unspecified atom stereocenters. The summed E-state index contributed by atoms with van der Waals surface area (Å²) in [6.45, 7) is 1.55. The van der Waals surface area contributed by atoms with Gasteiger partial charge in [-0.1, -0.05) is 49.6 Å². The number of sulfonamides is 1. The van der Waals surface area contributed by atoms with Crippen molar-refractivity contribution in [2.24, 2.45) is 5.92 Å². The maximum absolute atomic E-state index is 14.3. The van der Waals surface area contributed by atoms with E-state index >= 15 is 0 Å². The van der Waals surface area contributed by atoms with Crippen LogP contribution in [-0.4, -0.2) is 34.8 Å². The lowest BCUT2D eigenvalue weighted by Crippen LogP contribution is -2.59. The van der Waals surface area contributed by atoms with Crippen LogP contribution in [0.15, 0.2) is 84.0 Å². The third-order valence-corrected chi connectivity index (χ3v) is 9.43. The van der Waals surface area contributed by atoms with Crippen molar-refractivity contribution in [1.82, 2.24) is 20.0 Å². The van der Waals surface area contributed by atoms with Gasteiger partial charge in [0.1, 0.15) is 5.54 Å². The number of amides is 1. The van der Waals surface area contributed by atoms with Crippen molar-refractivity contribution in [2.45, 2.75) is 61.9 Å². The van der Waals surface area contributed by atoms with Gasteiger partial charge in [0.05, 0.1) is 21.6 Å². The number of carbonyl (C=O) groups excluding carboxylic acids is 1. The van der Waals surface area contributed by atoms with E-state index in [4.69, 9.17) is 0 Å². The van der Waals surface area contributed by atoms with Crippen LogP contribution in [0.2, 0.25) is 0 Å². The second-order valence-electron chi connectivity index (χ2n) is 10.8. The van der Waals surface area contributed by atoms with E-state index in [1.54, 1.807) is 19.3 Å². The summed E-state index contributed by atoms with van der Waals surface area (Å²) in [4.78, 5) is 32.4. The number of nitrogens with zero attached hydrogens (tertiary/aromatic N) is 2. The molecule has 0 saturated heterocycles. The average Bonchev–Trinajstić information content (AvgIpc) is 3.38. The van der Waals surface area contributed by atoms with Gasteiger partial charge in [-0.3, -0.25) is 19.9 Å². The molecular weight excluding hydrogens is 542 g/mol. The fourth-order valence-corrected chi connectivity index (χ4v) is 7.11. The number of hydrogen-bond acceptors (Lipinski definition) is 6. The van der Waals surface area contributed by atoms with Gasteiger partial charge >= 0.3 is 0 Å². The fourth-order valence-electron chi connectivity index (χ4n) is 5.70. The van der Waals surface area contributed by atoms with Crippen LogP contribution in [-0.2, 0) is 21.2 Å². The minimum Gasteiger partial charge on any atom is -0.361 e. The molecular formula is C30H33N5O5S. The van der Waals surface area contributed by atoms with E-state index in [2.05, 4.69) is 20.0 Å². The Hall–Kier alpha value is -4.09. The number of non-ortho nitro benzene ring substituents is 1. The number of para-hydroxylation sites is 1. The predicted octanol–water partition coefficient (Wildman–Crippen LogP) is 5.19. The van der Waals surface area contributed by atoms with Crippen molar-refractivity contribution in [3.63, 3.8) is 0 Å². The first-order valence-electron chi connectivity index (χ1n) is 13.7. The maximum Gasteiger partial charge on any atom is 0.270 e. The topological polar surface area (TPSA) is 147 Å². The normalized spacial score (nSPS) is 16.6. The van der Waals surface area contributed by atoms with Gasteiger partial charge in [-0.05, 0) is 55.5 Å². The lowest BCUT2D eigenvalue weighted by molar-refractivity contribution is -0.385. The van der Waals surface area contributed by atoms with Gasteiger partial charge in [0, 0.05) is 41.9 Å². The van der Waals surface area contributed by atoms with Gasteiger partial charge in [0.25, 0.3) is 5.69 Å². The van der Waals surface area contributed by atoms with Crippen LogP contribution in [0.3, 0.4) is 0 Å². The number of hydrogen-bond donors (Lipinski definition) is 3. The van der Waals surface area contributed by atoms with Crippen LogP contribution in [0.5, 0.6) is 0 Å². The molecule has 4 aromatic rings. The zero-order valence-electron chi connectivity index (χ0n) is 22.7. The first-order chi connectivity index (χ1) is 19.7. The van der Waals surface area contributed by atoms with E-state index in [0.717, 1.165) is 60.3 Å². The summed E-state index contributed by atoms with van der Waals surface area (Å²) in [5, 5.41) is 15.4. The number of carbonyl (C=O) groups is 1. The minimum absolute atomic E-state index is 0.0383. The van der Waals surface area contributed by atoms with Gasteiger partial charge in [0.15, 0.2) is 0 Å². The van der Waals surface area contributed by atoms with Gasteiger partial charge < -0.3 is 10.3 Å². The Morgan fingerprint density at radius 2 is 1.85 bits per heavy atom. The Bertz CT molecular complexity index is 1650. The number of fused-ring (bicyclic) bond motifs is 1. The largest absolute Gasteiger partial charge is 0.361 e. The number of aromatic amines is 1.